The number of carbonyl (C=O) groups is 1. The second-order valence-electron chi connectivity index (χ2n) is 10.8. The summed E-state index contributed by atoms with van der Waals surface area (Å²) in [5, 5.41) is 5.49. The van der Waals surface area contributed by atoms with Gasteiger partial charge < -0.3 is 4.90 Å². The third-order valence-corrected chi connectivity index (χ3v) is 7.33. The Morgan fingerprint density at radius 1 is 1.06 bits per heavy atom. The fourth-order valence-corrected chi connectivity index (χ4v) is 6.37. The Labute approximate surface area is 195 Å². The van der Waals surface area contributed by atoms with Crippen molar-refractivity contribution in [2.75, 3.05) is 6.54 Å². The quantitative estimate of drug-likeness (QED) is 0.457. The van der Waals surface area contributed by atoms with Crippen molar-refractivity contribution in [3.05, 3.63) is 70.9 Å². The van der Waals surface area contributed by atoms with Gasteiger partial charge in [-0.15, -0.1) is 0 Å². The van der Waals surface area contributed by atoms with Gasteiger partial charge in [0.15, 0.2) is 0 Å². The van der Waals surface area contributed by atoms with E-state index in [9.17, 15) is 4.79 Å². The van der Waals surface area contributed by atoms with Crippen LogP contribution in [-0.4, -0.2) is 33.2 Å². The minimum atomic E-state index is 0.0590. The molecule has 32 heavy (non-hydrogen) atoms. The maximum absolute atomic E-state index is 14.0. The normalized spacial score (nSPS) is 24.0. The van der Waals surface area contributed by atoms with Crippen LogP contribution < -0.4 is 0 Å². The number of rotatable bonds is 3. The molecule has 1 aromatic heterocycles. The van der Waals surface area contributed by atoms with Crippen molar-refractivity contribution in [2.24, 2.45) is 10.8 Å². The van der Waals surface area contributed by atoms with Crippen molar-refractivity contribution < 1.29 is 4.79 Å². The second-order valence-corrected chi connectivity index (χ2v) is 11.2. The van der Waals surface area contributed by atoms with Gasteiger partial charge >= 0.3 is 0 Å². The number of aromatic nitrogens is 2. The zero-order valence-electron chi connectivity index (χ0n) is 19.2. The molecule has 2 atom stereocenters. The SMILES string of the molecule is Cc1cccc(-n2nc(-c3ccccc3Cl)cc2C(=O)N2CC3(C)CC2CC(C)(C)C3)c1. The summed E-state index contributed by atoms with van der Waals surface area (Å²) < 4.78 is 1.80. The molecule has 1 saturated carbocycles. The predicted molar refractivity (Wildman–Crippen MR) is 129 cm³/mol. The fraction of sp³-hybridized carbons (Fsp3) is 0.407. The summed E-state index contributed by atoms with van der Waals surface area (Å²) in [6.07, 6.45) is 3.28. The molecule has 0 N–H and O–H groups in total. The number of nitrogens with zero attached hydrogens (tertiary/aromatic N) is 3. The topological polar surface area (TPSA) is 38.1 Å². The van der Waals surface area contributed by atoms with Crippen molar-refractivity contribution >= 4 is 17.5 Å². The largest absolute Gasteiger partial charge is 0.334 e. The average Bonchev–Trinajstić information content (AvgIpc) is 3.26. The van der Waals surface area contributed by atoms with Crippen LogP contribution in [0.25, 0.3) is 16.9 Å². The van der Waals surface area contributed by atoms with Crippen molar-refractivity contribution in [3.8, 4) is 16.9 Å². The standard InChI is InChI=1S/C27H30ClN3O/c1-18-8-7-9-19(12-18)31-24(13-23(29-31)21-10-5-6-11-22(21)28)25(32)30-17-27(4)15-20(30)14-26(2,3)16-27/h5-13,20H,14-17H2,1-4H3. The number of halogens is 1. The third-order valence-electron chi connectivity index (χ3n) is 7.00. The first-order chi connectivity index (χ1) is 15.1. The molecular formula is C27H30ClN3O. The summed E-state index contributed by atoms with van der Waals surface area (Å²) in [5.41, 5.74) is 4.60. The van der Waals surface area contributed by atoms with Gasteiger partial charge in [0.1, 0.15) is 5.69 Å². The molecule has 3 aromatic rings. The summed E-state index contributed by atoms with van der Waals surface area (Å²) >= 11 is 6.48. The number of likely N-dealkylation sites (tertiary alicyclic amines) is 1. The predicted octanol–water partition coefficient (Wildman–Crippen LogP) is 6.54. The maximum Gasteiger partial charge on any atom is 0.272 e. The van der Waals surface area contributed by atoms with Crippen molar-refractivity contribution in [3.63, 3.8) is 0 Å². The molecule has 2 aliphatic rings. The third kappa shape index (κ3) is 3.75. The van der Waals surface area contributed by atoms with Gasteiger partial charge in [-0.05, 0) is 66.8 Å². The number of hydrogen-bond acceptors (Lipinski definition) is 2. The molecule has 2 fully saturated rings. The van der Waals surface area contributed by atoms with Gasteiger partial charge in [-0.1, -0.05) is 62.7 Å². The first-order valence-electron chi connectivity index (χ1n) is 11.4. The molecule has 0 spiro atoms. The second kappa shape index (κ2) is 7.48. The molecule has 2 aromatic carbocycles. The molecule has 5 heteroatoms. The van der Waals surface area contributed by atoms with E-state index in [0.717, 1.165) is 42.6 Å². The van der Waals surface area contributed by atoms with Gasteiger partial charge in [0.05, 0.1) is 16.4 Å². The van der Waals surface area contributed by atoms with Gasteiger partial charge in [0.2, 0.25) is 0 Å². The lowest BCUT2D eigenvalue weighted by Gasteiger charge is -2.39. The Morgan fingerprint density at radius 2 is 1.84 bits per heavy atom. The van der Waals surface area contributed by atoms with E-state index in [1.165, 1.54) is 0 Å². The van der Waals surface area contributed by atoms with Crippen LogP contribution in [0.3, 0.4) is 0 Å². The monoisotopic (exact) mass is 447 g/mol. The lowest BCUT2D eigenvalue weighted by Crippen LogP contribution is -2.38. The van der Waals surface area contributed by atoms with E-state index in [-0.39, 0.29) is 22.8 Å². The van der Waals surface area contributed by atoms with Gasteiger partial charge in [0.25, 0.3) is 5.91 Å². The number of aryl methyl sites for hydroxylation is 1. The Kier molecular flexibility index (Phi) is 4.97. The molecule has 1 aliphatic carbocycles. The molecule has 2 heterocycles. The summed E-state index contributed by atoms with van der Waals surface area (Å²) in [5.74, 6) is 0.0590. The number of fused-ring (bicyclic) bond motifs is 2. The van der Waals surface area contributed by atoms with Crippen molar-refractivity contribution in [2.45, 2.75) is 53.0 Å². The van der Waals surface area contributed by atoms with Gasteiger partial charge in [-0.25, -0.2) is 4.68 Å². The molecule has 1 saturated heterocycles. The highest BCUT2D eigenvalue weighted by Crippen LogP contribution is 2.52. The number of hydrogen-bond donors (Lipinski definition) is 0. The maximum atomic E-state index is 14.0. The summed E-state index contributed by atoms with van der Waals surface area (Å²) in [6, 6.07) is 18.0. The minimum Gasteiger partial charge on any atom is -0.334 e. The molecule has 166 valence electrons. The van der Waals surface area contributed by atoms with Crippen LogP contribution in [-0.2, 0) is 0 Å². The fourth-order valence-electron chi connectivity index (χ4n) is 6.14. The number of carbonyl (C=O) groups excluding carboxylic acids is 1. The molecular weight excluding hydrogens is 418 g/mol. The van der Waals surface area contributed by atoms with Crippen LogP contribution in [0.5, 0.6) is 0 Å². The Morgan fingerprint density at radius 3 is 2.59 bits per heavy atom. The Bertz CT molecular complexity index is 1200. The highest BCUT2D eigenvalue weighted by atomic mass is 35.5. The number of amides is 1. The van der Waals surface area contributed by atoms with E-state index < -0.39 is 0 Å². The van der Waals surface area contributed by atoms with Crippen LogP contribution in [0, 0.1) is 17.8 Å². The van der Waals surface area contributed by atoms with E-state index in [1.807, 2.05) is 42.5 Å². The molecule has 1 aliphatic heterocycles. The van der Waals surface area contributed by atoms with Gasteiger partial charge in [-0.3, -0.25) is 4.79 Å². The van der Waals surface area contributed by atoms with E-state index in [4.69, 9.17) is 16.7 Å². The van der Waals surface area contributed by atoms with Crippen LogP contribution in [0.15, 0.2) is 54.6 Å². The van der Waals surface area contributed by atoms with Crippen LogP contribution >= 0.6 is 11.6 Å². The van der Waals surface area contributed by atoms with Gasteiger partial charge in [-0.2, -0.15) is 5.10 Å². The van der Waals surface area contributed by atoms with E-state index in [2.05, 4.69) is 44.7 Å². The van der Waals surface area contributed by atoms with E-state index >= 15 is 0 Å². The summed E-state index contributed by atoms with van der Waals surface area (Å²) in [7, 11) is 0. The molecule has 2 bridgehead atoms. The molecule has 4 nitrogen and oxygen atoms in total. The zero-order chi connectivity index (χ0) is 22.7. The zero-order valence-corrected chi connectivity index (χ0v) is 20.0. The van der Waals surface area contributed by atoms with Crippen molar-refractivity contribution in [1.82, 2.24) is 14.7 Å². The smallest absolute Gasteiger partial charge is 0.272 e. The molecule has 5 rings (SSSR count). The molecule has 0 radical (unpaired) electrons. The van der Waals surface area contributed by atoms with Crippen LogP contribution in [0.1, 0.15) is 56.1 Å². The minimum absolute atomic E-state index is 0.0590. The lowest BCUT2D eigenvalue weighted by molar-refractivity contribution is 0.0699. The molecule has 1 amide bonds. The first-order valence-corrected chi connectivity index (χ1v) is 11.8. The van der Waals surface area contributed by atoms with Crippen LogP contribution in [0.4, 0.5) is 0 Å². The first kappa shape index (κ1) is 21.3. The number of benzene rings is 2. The summed E-state index contributed by atoms with van der Waals surface area (Å²) in [4.78, 5) is 16.1. The summed E-state index contributed by atoms with van der Waals surface area (Å²) in [6.45, 7) is 9.85. The molecule has 2 unspecified atom stereocenters. The lowest BCUT2D eigenvalue weighted by atomic mass is 9.65. The Balaban J connectivity index is 1.60. The van der Waals surface area contributed by atoms with Crippen LogP contribution in [0.2, 0.25) is 5.02 Å². The van der Waals surface area contributed by atoms with Crippen molar-refractivity contribution in [1.29, 1.82) is 0 Å². The van der Waals surface area contributed by atoms with E-state index in [0.29, 0.717) is 16.4 Å². The Hall–Kier alpha value is -2.59. The average molecular weight is 448 g/mol. The highest BCUT2D eigenvalue weighted by molar-refractivity contribution is 6.33. The highest BCUT2D eigenvalue weighted by Gasteiger charge is 2.51. The van der Waals surface area contributed by atoms with Gasteiger partial charge in [0, 0.05) is 18.2 Å². The van der Waals surface area contributed by atoms with E-state index in [1.54, 1.807) is 4.68 Å².